The van der Waals surface area contributed by atoms with Gasteiger partial charge in [-0.1, -0.05) is 6.07 Å². The van der Waals surface area contributed by atoms with Crippen LogP contribution in [0, 0.1) is 0 Å². The molecule has 1 fully saturated rings. The molecule has 0 unspecified atom stereocenters. The second-order valence-corrected chi connectivity index (χ2v) is 3.79. The number of amides is 1. The summed E-state index contributed by atoms with van der Waals surface area (Å²) in [7, 11) is 0. The van der Waals surface area contributed by atoms with E-state index in [0.29, 0.717) is 19.1 Å². The van der Waals surface area contributed by atoms with Crippen LogP contribution >= 0.6 is 0 Å². The van der Waals surface area contributed by atoms with Crippen molar-refractivity contribution >= 4 is 5.91 Å². The summed E-state index contributed by atoms with van der Waals surface area (Å²) in [5, 5.41) is 6.01. The zero-order valence-electron chi connectivity index (χ0n) is 8.57. The molecule has 80 valence electrons. The third kappa shape index (κ3) is 3.67. The van der Waals surface area contributed by atoms with E-state index in [4.69, 9.17) is 0 Å². The lowest BCUT2D eigenvalue weighted by atomic mass is 10.3. The SMILES string of the molecule is O=C(CNC1CC1)NCc1cccnc1. The quantitative estimate of drug-likeness (QED) is 0.734. The number of carbonyl (C=O) groups is 1. The van der Waals surface area contributed by atoms with Crippen molar-refractivity contribution < 1.29 is 4.79 Å². The zero-order valence-corrected chi connectivity index (χ0v) is 8.57. The third-order valence-corrected chi connectivity index (χ3v) is 2.34. The van der Waals surface area contributed by atoms with Crippen molar-refractivity contribution in [1.82, 2.24) is 15.6 Å². The van der Waals surface area contributed by atoms with Crippen molar-refractivity contribution in [3.8, 4) is 0 Å². The Morgan fingerprint density at radius 1 is 1.53 bits per heavy atom. The molecule has 2 N–H and O–H groups in total. The Kier molecular flexibility index (Phi) is 3.29. The van der Waals surface area contributed by atoms with Crippen LogP contribution in [-0.2, 0) is 11.3 Å². The fourth-order valence-electron chi connectivity index (χ4n) is 1.29. The van der Waals surface area contributed by atoms with E-state index in [-0.39, 0.29) is 5.91 Å². The molecule has 1 amide bonds. The van der Waals surface area contributed by atoms with Crippen LogP contribution in [-0.4, -0.2) is 23.5 Å². The van der Waals surface area contributed by atoms with Gasteiger partial charge in [-0.3, -0.25) is 9.78 Å². The summed E-state index contributed by atoms with van der Waals surface area (Å²) in [4.78, 5) is 15.3. The summed E-state index contributed by atoms with van der Waals surface area (Å²) in [5.74, 6) is 0.0470. The van der Waals surface area contributed by atoms with Crippen molar-refractivity contribution in [2.24, 2.45) is 0 Å². The Bertz CT molecular complexity index is 322. The largest absolute Gasteiger partial charge is 0.351 e. The van der Waals surface area contributed by atoms with Crippen LogP contribution < -0.4 is 10.6 Å². The van der Waals surface area contributed by atoms with Crippen molar-refractivity contribution in [3.63, 3.8) is 0 Å². The first-order valence-corrected chi connectivity index (χ1v) is 5.23. The minimum Gasteiger partial charge on any atom is -0.351 e. The molecule has 15 heavy (non-hydrogen) atoms. The van der Waals surface area contributed by atoms with Gasteiger partial charge in [0, 0.05) is 25.0 Å². The second-order valence-electron chi connectivity index (χ2n) is 3.79. The Balaban J connectivity index is 1.66. The summed E-state index contributed by atoms with van der Waals surface area (Å²) < 4.78 is 0. The number of nitrogens with zero attached hydrogens (tertiary/aromatic N) is 1. The molecule has 0 saturated heterocycles. The lowest BCUT2D eigenvalue weighted by molar-refractivity contribution is -0.120. The second kappa shape index (κ2) is 4.89. The Hall–Kier alpha value is -1.42. The summed E-state index contributed by atoms with van der Waals surface area (Å²) in [6.07, 6.45) is 5.89. The average Bonchev–Trinajstić information content (AvgIpc) is 3.09. The van der Waals surface area contributed by atoms with Gasteiger partial charge in [0.05, 0.1) is 6.54 Å². The predicted octanol–water partition coefficient (Wildman–Crippen LogP) is 0.450. The number of hydrogen-bond donors (Lipinski definition) is 2. The highest BCUT2D eigenvalue weighted by atomic mass is 16.1. The molecule has 1 aromatic rings. The molecular weight excluding hydrogens is 190 g/mol. The van der Waals surface area contributed by atoms with Crippen LogP contribution in [0.25, 0.3) is 0 Å². The third-order valence-electron chi connectivity index (χ3n) is 2.34. The Labute approximate surface area is 89.1 Å². The van der Waals surface area contributed by atoms with Gasteiger partial charge in [0.2, 0.25) is 5.91 Å². The number of carbonyl (C=O) groups excluding carboxylic acids is 1. The van der Waals surface area contributed by atoms with E-state index >= 15 is 0 Å². The topological polar surface area (TPSA) is 54.0 Å². The number of nitrogens with one attached hydrogen (secondary N) is 2. The van der Waals surface area contributed by atoms with E-state index < -0.39 is 0 Å². The van der Waals surface area contributed by atoms with Crippen LogP contribution in [0.15, 0.2) is 24.5 Å². The highest BCUT2D eigenvalue weighted by Gasteiger charge is 2.20. The molecule has 0 atom stereocenters. The maximum absolute atomic E-state index is 11.4. The van der Waals surface area contributed by atoms with Gasteiger partial charge < -0.3 is 10.6 Å². The summed E-state index contributed by atoms with van der Waals surface area (Å²) in [6, 6.07) is 4.39. The van der Waals surface area contributed by atoms with Gasteiger partial charge in [-0.25, -0.2) is 0 Å². The van der Waals surface area contributed by atoms with Crippen LogP contribution in [0.1, 0.15) is 18.4 Å². The van der Waals surface area contributed by atoms with Crippen LogP contribution in [0.5, 0.6) is 0 Å². The molecule has 1 aliphatic rings. The lowest BCUT2D eigenvalue weighted by Crippen LogP contribution is -2.34. The summed E-state index contributed by atoms with van der Waals surface area (Å²) in [5.41, 5.74) is 1.03. The monoisotopic (exact) mass is 205 g/mol. The summed E-state index contributed by atoms with van der Waals surface area (Å²) >= 11 is 0. The van der Waals surface area contributed by atoms with Gasteiger partial charge in [-0.15, -0.1) is 0 Å². The molecule has 1 heterocycles. The van der Waals surface area contributed by atoms with Crippen LogP contribution in [0.4, 0.5) is 0 Å². The van der Waals surface area contributed by atoms with Gasteiger partial charge in [-0.05, 0) is 24.5 Å². The van der Waals surface area contributed by atoms with Gasteiger partial charge >= 0.3 is 0 Å². The summed E-state index contributed by atoms with van der Waals surface area (Å²) in [6.45, 7) is 0.976. The fraction of sp³-hybridized carbons (Fsp3) is 0.455. The fourth-order valence-corrected chi connectivity index (χ4v) is 1.29. The first-order valence-electron chi connectivity index (χ1n) is 5.23. The lowest BCUT2D eigenvalue weighted by Gasteiger charge is -2.05. The van der Waals surface area contributed by atoms with Gasteiger partial charge in [0.15, 0.2) is 0 Å². The van der Waals surface area contributed by atoms with Crippen molar-refractivity contribution in [3.05, 3.63) is 30.1 Å². The van der Waals surface area contributed by atoms with E-state index in [1.165, 1.54) is 12.8 Å². The van der Waals surface area contributed by atoms with Crippen LogP contribution in [0.2, 0.25) is 0 Å². The molecule has 2 rings (SSSR count). The maximum Gasteiger partial charge on any atom is 0.234 e. The van der Waals surface area contributed by atoms with Gasteiger partial charge in [0.25, 0.3) is 0 Å². The molecule has 4 heteroatoms. The van der Waals surface area contributed by atoms with E-state index in [2.05, 4.69) is 15.6 Å². The van der Waals surface area contributed by atoms with Crippen molar-refractivity contribution in [2.45, 2.75) is 25.4 Å². The highest BCUT2D eigenvalue weighted by molar-refractivity contribution is 5.78. The molecule has 0 aliphatic heterocycles. The molecule has 0 aromatic carbocycles. The number of rotatable bonds is 5. The molecule has 0 radical (unpaired) electrons. The minimum absolute atomic E-state index is 0.0470. The average molecular weight is 205 g/mol. The molecule has 0 spiro atoms. The van der Waals surface area contributed by atoms with E-state index in [1.54, 1.807) is 12.4 Å². The molecule has 0 bridgehead atoms. The predicted molar refractivity (Wildman–Crippen MR) is 57.1 cm³/mol. The number of aromatic nitrogens is 1. The Morgan fingerprint density at radius 3 is 3.07 bits per heavy atom. The number of hydrogen-bond acceptors (Lipinski definition) is 3. The first-order chi connectivity index (χ1) is 7.34. The van der Waals surface area contributed by atoms with E-state index in [9.17, 15) is 4.79 Å². The van der Waals surface area contributed by atoms with E-state index in [1.807, 2.05) is 12.1 Å². The van der Waals surface area contributed by atoms with Gasteiger partial charge in [-0.2, -0.15) is 0 Å². The standard InChI is InChI=1S/C11H15N3O/c15-11(8-13-10-3-4-10)14-7-9-2-1-5-12-6-9/h1-2,5-6,10,13H,3-4,7-8H2,(H,14,15). The molecule has 4 nitrogen and oxygen atoms in total. The molecule has 1 saturated carbocycles. The minimum atomic E-state index is 0.0470. The van der Waals surface area contributed by atoms with Gasteiger partial charge in [0.1, 0.15) is 0 Å². The normalized spacial score (nSPS) is 14.9. The Morgan fingerprint density at radius 2 is 2.40 bits per heavy atom. The first kappa shape index (κ1) is 10.1. The molecular formula is C11H15N3O. The molecule has 1 aliphatic carbocycles. The van der Waals surface area contributed by atoms with Crippen LogP contribution in [0.3, 0.4) is 0 Å². The van der Waals surface area contributed by atoms with E-state index in [0.717, 1.165) is 5.56 Å². The molecule has 1 aromatic heterocycles. The highest BCUT2D eigenvalue weighted by Crippen LogP contribution is 2.17. The zero-order chi connectivity index (χ0) is 10.5. The smallest absolute Gasteiger partial charge is 0.234 e. The van der Waals surface area contributed by atoms with Crippen molar-refractivity contribution in [1.29, 1.82) is 0 Å². The maximum atomic E-state index is 11.4. The van der Waals surface area contributed by atoms with Crippen molar-refractivity contribution in [2.75, 3.05) is 6.54 Å². The number of pyridine rings is 1.